The van der Waals surface area contributed by atoms with Crippen molar-refractivity contribution in [3.63, 3.8) is 0 Å². The van der Waals surface area contributed by atoms with Crippen LogP contribution in [0.4, 0.5) is 8.78 Å². The third-order valence-corrected chi connectivity index (χ3v) is 3.31. The molecule has 1 saturated heterocycles. The van der Waals surface area contributed by atoms with Gasteiger partial charge >= 0.3 is 6.61 Å². The second-order valence-electron chi connectivity index (χ2n) is 4.95. The van der Waals surface area contributed by atoms with Gasteiger partial charge in [-0.2, -0.15) is 8.78 Å². The summed E-state index contributed by atoms with van der Waals surface area (Å²) < 4.78 is 39.7. The highest BCUT2D eigenvalue weighted by Crippen LogP contribution is 2.29. The predicted molar refractivity (Wildman–Crippen MR) is 74.9 cm³/mol. The highest BCUT2D eigenvalue weighted by molar-refractivity contribution is 5.43. The van der Waals surface area contributed by atoms with Crippen LogP contribution in [-0.2, 0) is 11.3 Å². The fourth-order valence-electron chi connectivity index (χ4n) is 2.29. The van der Waals surface area contributed by atoms with Gasteiger partial charge in [0.1, 0.15) is 0 Å². The molecule has 1 aliphatic heterocycles. The number of rotatable bonds is 8. The molecule has 0 saturated carbocycles. The molecule has 0 radical (unpaired) electrons. The lowest BCUT2D eigenvalue weighted by Gasteiger charge is -2.14. The zero-order valence-electron chi connectivity index (χ0n) is 12.1. The van der Waals surface area contributed by atoms with E-state index in [0.717, 1.165) is 31.7 Å². The van der Waals surface area contributed by atoms with Crippen molar-refractivity contribution in [2.45, 2.75) is 26.5 Å². The topological polar surface area (TPSA) is 39.7 Å². The van der Waals surface area contributed by atoms with Crippen LogP contribution in [0.3, 0.4) is 0 Å². The van der Waals surface area contributed by atoms with Crippen molar-refractivity contribution in [1.82, 2.24) is 5.32 Å². The maximum absolute atomic E-state index is 12.3. The standard InChI is InChI=1S/C15H21F2NO3/c1-2-20-14-7-11(3-4-13(14)21-15(16)17)8-18-9-12-5-6-19-10-12/h3-4,7,12,15,18H,2,5-6,8-10H2,1H3. The molecular weight excluding hydrogens is 280 g/mol. The molecule has 1 heterocycles. The fourth-order valence-corrected chi connectivity index (χ4v) is 2.29. The summed E-state index contributed by atoms with van der Waals surface area (Å²) in [7, 11) is 0. The monoisotopic (exact) mass is 301 g/mol. The van der Waals surface area contributed by atoms with E-state index in [1.54, 1.807) is 19.1 Å². The minimum Gasteiger partial charge on any atom is -0.490 e. The molecule has 1 aromatic carbocycles. The first kappa shape index (κ1) is 16.0. The average molecular weight is 301 g/mol. The van der Waals surface area contributed by atoms with Crippen LogP contribution < -0.4 is 14.8 Å². The molecule has 1 aromatic rings. The molecule has 21 heavy (non-hydrogen) atoms. The largest absolute Gasteiger partial charge is 0.490 e. The van der Waals surface area contributed by atoms with Gasteiger partial charge in [0.2, 0.25) is 0 Å². The second-order valence-corrected chi connectivity index (χ2v) is 4.95. The molecular formula is C15H21F2NO3. The van der Waals surface area contributed by atoms with Crippen molar-refractivity contribution >= 4 is 0 Å². The minimum atomic E-state index is -2.85. The van der Waals surface area contributed by atoms with Crippen molar-refractivity contribution in [2.24, 2.45) is 5.92 Å². The fraction of sp³-hybridized carbons (Fsp3) is 0.600. The van der Waals surface area contributed by atoms with Crippen molar-refractivity contribution in [1.29, 1.82) is 0 Å². The van der Waals surface area contributed by atoms with Gasteiger partial charge in [0.05, 0.1) is 13.2 Å². The normalized spacial score (nSPS) is 18.2. The summed E-state index contributed by atoms with van der Waals surface area (Å²) in [6.07, 6.45) is 1.08. The van der Waals surface area contributed by atoms with Crippen LogP contribution in [0.1, 0.15) is 18.9 Å². The number of alkyl halides is 2. The van der Waals surface area contributed by atoms with Crippen molar-refractivity contribution in [3.05, 3.63) is 23.8 Å². The Hall–Kier alpha value is -1.40. The Morgan fingerprint density at radius 2 is 2.24 bits per heavy atom. The Morgan fingerprint density at radius 1 is 1.38 bits per heavy atom. The molecule has 0 aromatic heterocycles. The second kappa shape index (κ2) is 8.14. The van der Waals surface area contributed by atoms with Crippen molar-refractivity contribution in [3.8, 4) is 11.5 Å². The molecule has 0 spiro atoms. The third-order valence-electron chi connectivity index (χ3n) is 3.31. The average Bonchev–Trinajstić information content (AvgIpc) is 2.94. The Morgan fingerprint density at radius 3 is 2.90 bits per heavy atom. The summed E-state index contributed by atoms with van der Waals surface area (Å²) in [5, 5.41) is 3.35. The molecule has 1 aliphatic rings. The molecule has 1 atom stereocenters. The van der Waals surface area contributed by atoms with Crippen LogP contribution in [-0.4, -0.2) is 33.0 Å². The van der Waals surface area contributed by atoms with Gasteiger partial charge in [0.15, 0.2) is 11.5 Å². The minimum absolute atomic E-state index is 0.0693. The van der Waals surface area contributed by atoms with Crippen LogP contribution in [0.15, 0.2) is 18.2 Å². The predicted octanol–water partition coefficient (Wildman–Crippen LogP) is 2.81. The van der Waals surface area contributed by atoms with Crippen molar-refractivity contribution < 1.29 is 23.0 Å². The number of benzene rings is 1. The van der Waals surface area contributed by atoms with Gasteiger partial charge in [0, 0.05) is 19.7 Å². The summed E-state index contributed by atoms with van der Waals surface area (Å²) in [5.41, 5.74) is 0.971. The van der Waals surface area contributed by atoms with Crippen molar-refractivity contribution in [2.75, 3.05) is 26.4 Å². The number of nitrogens with one attached hydrogen (secondary N) is 1. The summed E-state index contributed by atoms with van der Waals surface area (Å²) in [6.45, 7) is 2.53. The van der Waals surface area contributed by atoms with E-state index in [1.807, 2.05) is 0 Å². The lowest BCUT2D eigenvalue weighted by Crippen LogP contribution is -2.22. The van der Waals surface area contributed by atoms with Crippen LogP contribution in [0.2, 0.25) is 0 Å². The number of hydrogen-bond acceptors (Lipinski definition) is 4. The van der Waals surface area contributed by atoms with E-state index >= 15 is 0 Å². The lowest BCUT2D eigenvalue weighted by molar-refractivity contribution is -0.0514. The molecule has 6 heteroatoms. The van der Waals surface area contributed by atoms with Gasteiger partial charge < -0.3 is 19.5 Å². The van der Waals surface area contributed by atoms with E-state index < -0.39 is 6.61 Å². The summed E-state index contributed by atoms with van der Waals surface area (Å²) in [6, 6.07) is 5.02. The van der Waals surface area contributed by atoms with Crippen LogP contribution >= 0.6 is 0 Å². The summed E-state index contributed by atoms with van der Waals surface area (Å²) in [5.74, 6) is 0.971. The number of ether oxygens (including phenoxy) is 3. The molecule has 4 nitrogen and oxygen atoms in total. The van der Waals surface area contributed by atoms with Gasteiger partial charge in [0.25, 0.3) is 0 Å². The lowest BCUT2D eigenvalue weighted by atomic mass is 10.1. The molecule has 1 N–H and O–H groups in total. The quantitative estimate of drug-likeness (QED) is 0.801. The van der Waals surface area contributed by atoms with Gasteiger partial charge in [-0.3, -0.25) is 0 Å². The number of halogens is 2. The van der Waals surface area contributed by atoms with E-state index in [-0.39, 0.29) is 5.75 Å². The molecule has 118 valence electrons. The Labute approximate surface area is 123 Å². The van der Waals surface area contributed by atoms with E-state index in [4.69, 9.17) is 9.47 Å². The molecule has 0 bridgehead atoms. The molecule has 1 unspecified atom stereocenters. The Bertz CT molecular complexity index is 437. The zero-order chi connectivity index (χ0) is 15.1. The van der Waals surface area contributed by atoms with Gasteiger partial charge in [-0.25, -0.2) is 0 Å². The maximum atomic E-state index is 12.3. The third kappa shape index (κ3) is 5.13. The van der Waals surface area contributed by atoms with E-state index in [2.05, 4.69) is 10.1 Å². The zero-order valence-corrected chi connectivity index (χ0v) is 12.1. The van der Waals surface area contributed by atoms with E-state index in [9.17, 15) is 8.78 Å². The first-order valence-corrected chi connectivity index (χ1v) is 7.18. The van der Waals surface area contributed by atoms with Gasteiger partial charge in [-0.1, -0.05) is 6.07 Å². The summed E-state index contributed by atoms with van der Waals surface area (Å²) in [4.78, 5) is 0. The molecule has 0 aliphatic carbocycles. The summed E-state index contributed by atoms with van der Waals surface area (Å²) >= 11 is 0. The van der Waals surface area contributed by atoms with E-state index in [0.29, 0.717) is 24.8 Å². The van der Waals surface area contributed by atoms with Gasteiger partial charge in [-0.15, -0.1) is 0 Å². The Balaban J connectivity index is 1.91. The maximum Gasteiger partial charge on any atom is 0.387 e. The highest BCUT2D eigenvalue weighted by Gasteiger charge is 2.15. The molecule has 1 fully saturated rings. The van der Waals surface area contributed by atoms with E-state index in [1.165, 1.54) is 6.07 Å². The van der Waals surface area contributed by atoms with Crippen LogP contribution in [0, 0.1) is 5.92 Å². The SMILES string of the molecule is CCOc1cc(CNCC2CCOC2)ccc1OC(F)F. The molecule has 0 amide bonds. The first-order valence-electron chi connectivity index (χ1n) is 7.18. The smallest absolute Gasteiger partial charge is 0.387 e. The van der Waals surface area contributed by atoms with Gasteiger partial charge in [-0.05, 0) is 37.0 Å². The molecule has 2 rings (SSSR count). The first-order chi connectivity index (χ1) is 10.2. The highest BCUT2D eigenvalue weighted by atomic mass is 19.3. The van der Waals surface area contributed by atoms with Crippen LogP contribution in [0.25, 0.3) is 0 Å². The van der Waals surface area contributed by atoms with Crippen LogP contribution in [0.5, 0.6) is 11.5 Å². The Kier molecular flexibility index (Phi) is 6.20. The number of hydrogen-bond donors (Lipinski definition) is 1.